The predicted octanol–water partition coefficient (Wildman–Crippen LogP) is 4.25. The summed E-state index contributed by atoms with van der Waals surface area (Å²) in [5.41, 5.74) is 5.92. The Hall–Kier alpha value is -3.02. The number of rotatable bonds is 10. The van der Waals surface area contributed by atoms with Crippen LogP contribution in [-0.2, 0) is 17.6 Å². The quantitative estimate of drug-likeness (QED) is 0.468. The standard InChI is InChI=1S/C24H30N2O4/c1-25-13-10-20-16-18(6-8-22(20)25)19-7-9-23(30-2)21(17-19)11-14-26(24(28)29)12-4-3-5-15-27/h6-9,15-17H,3-5,10-14H2,1-2H3,(H,28,29). The van der Waals surface area contributed by atoms with Crippen molar-refractivity contribution < 1.29 is 19.4 Å². The van der Waals surface area contributed by atoms with Crippen LogP contribution in [0.2, 0.25) is 0 Å². The first-order valence-corrected chi connectivity index (χ1v) is 10.5. The maximum Gasteiger partial charge on any atom is 0.407 e. The molecular weight excluding hydrogens is 380 g/mol. The highest BCUT2D eigenvalue weighted by atomic mass is 16.5. The lowest BCUT2D eigenvalue weighted by Gasteiger charge is -2.20. The van der Waals surface area contributed by atoms with Gasteiger partial charge in [0.2, 0.25) is 0 Å². The van der Waals surface area contributed by atoms with Crippen LogP contribution in [0.3, 0.4) is 0 Å². The molecule has 0 fully saturated rings. The van der Waals surface area contributed by atoms with Crippen LogP contribution in [0.4, 0.5) is 10.5 Å². The van der Waals surface area contributed by atoms with E-state index in [4.69, 9.17) is 4.74 Å². The fourth-order valence-corrected chi connectivity index (χ4v) is 3.99. The van der Waals surface area contributed by atoms with E-state index >= 15 is 0 Å². The van der Waals surface area contributed by atoms with Crippen LogP contribution < -0.4 is 9.64 Å². The van der Waals surface area contributed by atoms with Gasteiger partial charge in [-0.05, 0) is 72.2 Å². The zero-order valence-corrected chi connectivity index (χ0v) is 17.8. The highest BCUT2D eigenvalue weighted by molar-refractivity contribution is 5.72. The summed E-state index contributed by atoms with van der Waals surface area (Å²) >= 11 is 0. The number of likely N-dealkylation sites (N-methyl/N-ethyl adjacent to an activating group) is 1. The van der Waals surface area contributed by atoms with Gasteiger partial charge in [0, 0.05) is 38.8 Å². The van der Waals surface area contributed by atoms with Gasteiger partial charge in [-0.1, -0.05) is 12.1 Å². The van der Waals surface area contributed by atoms with Gasteiger partial charge in [-0.15, -0.1) is 0 Å². The zero-order chi connectivity index (χ0) is 21.5. The SMILES string of the molecule is COc1ccc(-c2ccc3c(c2)CCN3C)cc1CCN(CCCCC=O)C(=O)O. The zero-order valence-electron chi connectivity index (χ0n) is 17.8. The third kappa shape index (κ3) is 5.12. The van der Waals surface area contributed by atoms with Gasteiger partial charge in [0.25, 0.3) is 0 Å². The van der Waals surface area contributed by atoms with Crippen LogP contribution in [0.15, 0.2) is 36.4 Å². The van der Waals surface area contributed by atoms with E-state index in [0.717, 1.165) is 41.7 Å². The number of hydrogen-bond acceptors (Lipinski definition) is 4. The molecule has 1 aliphatic rings. The van der Waals surface area contributed by atoms with Crippen LogP contribution in [0.25, 0.3) is 11.1 Å². The molecule has 3 rings (SSSR count). The first kappa shape index (κ1) is 21.7. The van der Waals surface area contributed by atoms with Gasteiger partial charge < -0.3 is 24.4 Å². The minimum Gasteiger partial charge on any atom is -0.496 e. The summed E-state index contributed by atoms with van der Waals surface area (Å²) in [6.45, 7) is 1.87. The van der Waals surface area contributed by atoms with Gasteiger partial charge in [0.05, 0.1) is 7.11 Å². The molecule has 30 heavy (non-hydrogen) atoms. The number of carbonyl (C=O) groups is 2. The van der Waals surface area contributed by atoms with Crippen LogP contribution >= 0.6 is 0 Å². The highest BCUT2D eigenvalue weighted by Gasteiger charge is 2.17. The molecule has 1 aliphatic heterocycles. The maximum absolute atomic E-state index is 11.6. The Morgan fingerprint density at radius 1 is 1.17 bits per heavy atom. The van der Waals surface area contributed by atoms with Gasteiger partial charge in [-0.2, -0.15) is 0 Å². The summed E-state index contributed by atoms with van der Waals surface area (Å²) in [7, 11) is 3.75. The number of fused-ring (bicyclic) bond motifs is 1. The van der Waals surface area contributed by atoms with Crippen molar-refractivity contribution in [3.05, 3.63) is 47.5 Å². The number of carboxylic acid groups (broad SMARTS) is 1. The molecule has 1 amide bonds. The third-order valence-electron chi connectivity index (χ3n) is 5.74. The molecule has 160 valence electrons. The molecule has 1 N–H and O–H groups in total. The molecule has 0 radical (unpaired) electrons. The summed E-state index contributed by atoms with van der Waals surface area (Å²) < 4.78 is 5.52. The van der Waals surface area contributed by atoms with Crippen LogP contribution in [0.1, 0.15) is 30.4 Å². The van der Waals surface area contributed by atoms with Crippen LogP contribution in [0.5, 0.6) is 5.75 Å². The molecule has 0 saturated heterocycles. The normalized spacial score (nSPS) is 12.5. The highest BCUT2D eigenvalue weighted by Crippen LogP contribution is 2.33. The summed E-state index contributed by atoms with van der Waals surface area (Å²) in [5, 5.41) is 9.50. The number of amides is 1. The Morgan fingerprint density at radius 3 is 2.67 bits per heavy atom. The van der Waals surface area contributed by atoms with Gasteiger partial charge in [0.15, 0.2) is 0 Å². The molecule has 0 spiro atoms. The Labute approximate surface area is 178 Å². The number of anilines is 1. The number of aldehydes is 1. The second-order valence-corrected chi connectivity index (χ2v) is 7.72. The van der Waals surface area contributed by atoms with Crippen molar-refractivity contribution in [2.24, 2.45) is 0 Å². The van der Waals surface area contributed by atoms with E-state index in [-0.39, 0.29) is 0 Å². The molecule has 6 nitrogen and oxygen atoms in total. The second-order valence-electron chi connectivity index (χ2n) is 7.72. The van der Waals surface area contributed by atoms with Crippen LogP contribution in [-0.4, -0.2) is 56.2 Å². The largest absolute Gasteiger partial charge is 0.496 e. The lowest BCUT2D eigenvalue weighted by atomic mass is 9.98. The molecular formula is C24H30N2O4. The summed E-state index contributed by atoms with van der Waals surface area (Å²) in [5.74, 6) is 0.769. The van der Waals surface area contributed by atoms with Gasteiger partial charge in [-0.3, -0.25) is 0 Å². The number of hydrogen-bond donors (Lipinski definition) is 1. The first-order valence-electron chi connectivity index (χ1n) is 10.5. The molecule has 0 unspecified atom stereocenters. The van der Waals surface area contributed by atoms with Crippen molar-refractivity contribution in [2.45, 2.75) is 32.1 Å². The number of unbranched alkanes of at least 4 members (excludes halogenated alkanes) is 2. The van der Waals surface area contributed by atoms with Gasteiger partial charge >= 0.3 is 6.09 Å². The number of nitrogens with zero attached hydrogens (tertiary/aromatic N) is 2. The molecule has 0 aromatic heterocycles. The lowest BCUT2D eigenvalue weighted by Crippen LogP contribution is -2.32. The Bertz CT molecular complexity index is 897. The Kier molecular flexibility index (Phi) is 7.33. The average Bonchev–Trinajstić information content (AvgIpc) is 3.13. The van der Waals surface area contributed by atoms with E-state index in [1.807, 2.05) is 6.07 Å². The number of carbonyl (C=O) groups excluding carboxylic acids is 1. The van der Waals surface area contributed by atoms with E-state index in [0.29, 0.717) is 38.8 Å². The number of benzene rings is 2. The smallest absolute Gasteiger partial charge is 0.407 e. The Balaban J connectivity index is 1.74. The first-order chi connectivity index (χ1) is 14.5. The molecule has 1 heterocycles. The fourth-order valence-electron chi connectivity index (χ4n) is 3.99. The minimum absolute atomic E-state index is 0.394. The van der Waals surface area contributed by atoms with Crippen molar-refractivity contribution in [1.29, 1.82) is 0 Å². The van der Waals surface area contributed by atoms with E-state index in [9.17, 15) is 14.7 Å². The molecule has 0 bridgehead atoms. The monoisotopic (exact) mass is 410 g/mol. The van der Waals surface area contributed by atoms with Crippen molar-refractivity contribution >= 4 is 18.1 Å². The Morgan fingerprint density at radius 2 is 1.93 bits per heavy atom. The lowest BCUT2D eigenvalue weighted by molar-refractivity contribution is -0.107. The average molecular weight is 411 g/mol. The van der Waals surface area contributed by atoms with Crippen molar-refractivity contribution in [1.82, 2.24) is 4.90 Å². The molecule has 2 aromatic carbocycles. The van der Waals surface area contributed by atoms with E-state index in [1.54, 1.807) is 7.11 Å². The fraction of sp³-hybridized carbons (Fsp3) is 0.417. The van der Waals surface area contributed by atoms with E-state index in [2.05, 4.69) is 42.3 Å². The molecule has 2 aromatic rings. The molecule has 0 atom stereocenters. The number of ether oxygens (including phenoxy) is 1. The minimum atomic E-state index is -0.932. The van der Waals surface area contributed by atoms with E-state index in [1.165, 1.54) is 16.2 Å². The van der Waals surface area contributed by atoms with E-state index < -0.39 is 6.09 Å². The topological polar surface area (TPSA) is 70.1 Å². The summed E-state index contributed by atoms with van der Waals surface area (Å²) in [4.78, 5) is 25.7. The molecule has 6 heteroatoms. The van der Waals surface area contributed by atoms with Gasteiger partial charge in [-0.25, -0.2) is 4.79 Å². The van der Waals surface area contributed by atoms with Crippen molar-refractivity contribution in [3.8, 4) is 16.9 Å². The second kappa shape index (κ2) is 10.1. The third-order valence-corrected chi connectivity index (χ3v) is 5.74. The van der Waals surface area contributed by atoms with Crippen molar-refractivity contribution in [3.63, 3.8) is 0 Å². The summed E-state index contributed by atoms with van der Waals surface area (Å²) in [6, 6.07) is 12.7. The van der Waals surface area contributed by atoms with Crippen molar-refractivity contribution in [2.75, 3.05) is 38.7 Å². The maximum atomic E-state index is 11.6. The van der Waals surface area contributed by atoms with Gasteiger partial charge in [0.1, 0.15) is 12.0 Å². The summed E-state index contributed by atoms with van der Waals surface area (Å²) in [6.07, 6.45) is 3.44. The predicted molar refractivity (Wildman–Crippen MR) is 119 cm³/mol. The number of methoxy groups -OCH3 is 1. The van der Waals surface area contributed by atoms with Crippen LogP contribution in [0, 0.1) is 0 Å². The molecule has 0 aliphatic carbocycles. The molecule has 0 saturated carbocycles.